The van der Waals surface area contributed by atoms with E-state index in [9.17, 15) is 0 Å². The molecule has 0 bridgehead atoms. The second-order valence-corrected chi connectivity index (χ2v) is 4.79. The summed E-state index contributed by atoms with van der Waals surface area (Å²) in [5, 5.41) is 7.51. The topological polar surface area (TPSA) is 56.5 Å². The maximum absolute atomic E-state index is 6.07. The molecule has 0 radical (unpaired) electrons. The van der Waals surface area contributed by atoms with Gasteiger partial charge in [-0.2, -0.15) is 0 Å². The van der Waals surface area contributed by atoms with Gasteiger partial charge in [0.1, 0.15) is 6.61 Å². The Hall–Kier alpha value is -1.72. The van der Waals surface area contributed by atoms with Gasteiger partial charge < -0.3 is 19.3 Å². The van der Waals surface area contributed by atoms with Crippen LogP contribution in [-0.4, -0.2) is 19.3 Å². The fraction of sp³-hybridized carbons (Fsp3) is 0.357. The summed E-state index contributed by atoms with van der Waals surface area (Å²) in [4.78, 5) is 0. The molecule has 2 aromatic rings. The van der Waals surface area contributed by atoms with Crippen molar-refractivity contribution >= 4 is 11.6 Å². The summed E-state index contributed by atoms with van der Waals surface area (Å²) < 4.78 is 16.3. The zero-order valence-electron chi connectivity index (χ0n) is 11.7. The van der Waals surface area contributed by atoms with E-state index in [0.29, 0.717) is 28.8 Å². The Morgan fingerprint density at radius 1 is 1.35 bits per heavy atom. The van der Waals surface area contributed by atoms with Crippen molar-refractivity contribution in [2.45, 2.75) is 20.1 Å². The molecule has 0 aliphatic rings. The van der Waals surface area contributed by atoms with Crippen molar-refractivity contribution in [1.82, 2.24) is 10.5 Å². The summed E-state index contributed by atoms with van der Waals surface area (Å²) in [5.41, 5.74) is 1.75. The summed E-state index contributed by atoms with van der Waals surface area (Å²) in [5.74, 6) is 1.91. The van der Waals surface area contributed by atoms with E-state index >= 15 is 0 Å². The van der Waals surface area contributed by atoms with E-state index in [1.807, 2.05) is 26.1 Å². The highest BCUT2D eigenvalue weighted by Crippen LogP contribution is 2.35. The van der Waals surface area contributed by atoms with Gasteiger partial charge in [0.05, 0.1) is 12.8 Å². The quantitative estimate of drug-likeness (QED) is 0.888. The molecule has 1 aromatic heterocycles. The summed E-state index contributed by atoms with van der Waals surface area (Å²) >= 11 is 6.07. The van der Waals surface area contributed by atoms with Crippen LogP contribution in [0.1, 0.15) is 17.0 Å². The first-order valence-electron chi connectivity index (χ1n) is 6.20. The van der Waals surface area contributed by atoms with Gasteiger partial charge in [0.25, 0.3) is 0 Å². The SMILES string of the molecule is CNCc1cc(Cl)cc(OC)c1OCc1cc(C)no1. The molecule has 1 heterocycles. The third-order valence-corrected chi connectivity index (χ3v) is 2.94. The smallest absolute Gasteiger partial charge is 0.174 e. The van der Waals surface area contributed by atoms with E-state index in [-0.39, 0.29) is 6.61 Å². The van der Waals surface area contributed by atoms with E-state index in [2.05, 4.69) is 10.5 Å². The second-order valence-electron chi connectivity index (χ2n) is 4.35. The molecule has 0 saturated carbocycles. The number of rotatable bonds is 6. The third kappa shape index (κ3) is 3.43. The van der Waals surface area contributed by atoms with Gasteiger partial charge in [-0.15, -0.1) is 0 Å². The van der Waals surface area contributed by atoms with Crippen LogP contribution in [0.25, 0.3) is 0 Å². The van der Waals surface area contributed by atoms with Crippen LogP contribution in [0.5, 0.6) is 11.5 Å². The number of nitrogens with one attached hydrogen (secondary N) is 1. The first-order chi connectivity index (χ1) is 9.63. The summed E-state index contributed by atoms with van der Waals surface area (Å²) in [7, 11) is 3.44. The van der Waals surface area contributed by atoms with E-state index in [0.717, 1.165) is 11.3 Å². The molecule has 0 aliphatic heterocycles. The van der Waals surface area contributed by atoms with Crippen LogP contribution in [0.15, 0.2) is 22.7 Å². The molecule has 0 fully saturated rings. The molecule has 108 valence electrons. The van der Waals surface area contributed by atoms with E-state index in [1.54, 1.807) is 13.2 Å². The van der Waals surface area contributed by atoms with E-state index in [1.165, 1.54) is 0 Å². The molecule has 6 heteroatoms. The number of ether oxygens (including phenoxy) is 2. The lowest BCUT2D eigenvalue weighted by Crippen LogP contribution is -2.08. The average Bonchev–Trinajstić information content (AvgIpc) is 2.83. The zero-order chi connectivity index (χ0) is 14.5. The van der Waals surface area contributed by atoms with Crippen molar-refractivity contribution in [3.8, 4) is 11.5 Å². The molecule has 0 amide bonds. The number of hydrogen-bond donors (Lipinski definition) is 1. The highest BCUT2D eigenvalue weighted by molar-refractivity contribution is 6.30. The lowest BCUT2D eigenvalue weighted by molar-refractivity contribution is 0.236. The first kappa shape index (κ1) is 14.7. The van der Waals surface area contributed by atoms with Gasteiger partial charge in [0.2, 0.25) is 0 Å². The Morgan fingerprint density at radius 3 is 2.75 bits per heavy atom. The molecule has 0 aliphatic carbocycles. The molecule has 1 N–H and O–H groups in total. The molecule has 2 rings (SSSR count). The van der Waals surface area contributed by atoms with Crippen LogP contribution in [0.4, 0.5) is 0 Å². The molecule has 1 aromatic carbocycles. The van der Waals surface area contributed by atoms with Crippen molar-refractivity contribution in [1.29, 1.82) is 0 Å². The number of halogens is 1. The Labute approximate surface area is 122 Å². The summed E-state index contributed by atoms with van der Waals surface area (Å²) in [6, 6.07) is 5.41. The predicted octanol–water partition coefficient (Wildman–Crippen LogP) is 2.94. The standard InChI is InChI=1S/C14H17ClN2O3/c1-9-4-12(20-17-9)8-19-14-10(7-16-2)5-11(15)6-13(14)18-3/h4-6,16H,7-8H2,1-3H3. The molecule has 0 saturated heterocycles. The number of aryl methyl sites for hydroxylation is 1. The highest BCUT2D eigenvalue weighted by Gasteiger charge is 2.13. The predicted molar refractivity (Wildman–Crippen MR) is 76.3 cm³/mol. The molecule has 5 nitrogen and oxygen atoms in total. The van der Waals surface area contributed by atoms with Crippen LogP contribution in [0.3, 0.4) is 0 Å². The summed E-state index contributed by atoms with van der Waals surface area (Å²) in [6.45, 7) is 2.78. The number of hydrogen-bond acceptors (Lipinski definition) is 5. The van der Waals surface area contributed by atoms with Gasteiger partial charge in [-0.25, -0.2) is 0 Å². The van der Waals surface area contributed by atoms with Gasteiger partial charge in [0.15, 0.2) is 17.3 Å². The van der Waals surface area contributed by atoms with Crippen LogP contribution < -0.4 is 14.8 Å². The third-order valence-electron chi connectivity index (χ3n) is 2.72. The van der Waals surface area contributed by atoms with Crippen molar-refractivity contribution in [3.05, 3.63) is 40.2 Å². The molecular weight excluding hydrogens is 280 g/mol. The van der Waals surface area contributed by atoms with Crippen molar-refractivity contribution in [2.75, 3.05) is 14.2 Å². The van der Waals surface area contributed by atoms with E-state index < -0.39 is 0 Å². The van der Waals surface area contributed by atoms with Crippen molar-refractivity contribution in [2.24, 2.45) is 0 Å². The largest absolute Gasteiger partial charge is 0.493 e. The Bertz CT molecular complexity index is 584. The fourth-order valence-corrected chi connectivity index (χ4v) is 2.12. The molecule has 20 heavy (non-hydrogen) atoms. The van der Waals surface area contributed by atoms with Gasteiger partial charge in [-0.05, 0) is 20.0 Å². The summed E-state index contributed by atoms with van der Waals surface area (Å²) in [6.07, 6.45) is 0. The second kappa shape index (κ2) is 6.63. The van der Waals surface area contributed by atoms with Crippen LogP contribution in [0.2, 0.25) is 5.02 Å². The van der Waals surface area contributed by atoms with Gasteiger partial charge in [-0.3, -0.25) is 0 Å². The van der Waals surface area contributed by atoms with Crippen LogP contribution in [-0.2, 0) is 13.2 Å². The molecule has 0 unspecified atom stereocenters. The van der Waals surface area contributed by atoms with Crippen molar-refractivity contribution in [3.63, 3.8) is 0 Å². The van der Waals surface area contributed by atoms with E-state index in [4.69, 9.17) is 25.6 Å². The van der Waals surface area contributed by atoms with Crippen LogP contribution >= 0.6 is 11.6 Å². The highest BCUT2D eigenvalue weighted by atomic mass is 35.5. The zero-order valence-corrected chi connectivity index (χ0v) is 12.5. The molecule has 0 atom stereocenters. The number of aromatic nitrogens is 1. The minimum absolute atomic E-state index is 0.287. The molecule has 0 spiro atoms. The minimum Gasteiger partial charge on any atom is -0.493 e. The lowest BCUT2D eigenvalue weighted by Gasteiger charge is -2.14. The van der Waals surface area contributed by atoms with Crippen molar-refractivity contribution < 1.29 is 14.0 Å². The maximum Gasteiger partial charge on any atom is 0.174 e. The fourth-order valence-electron chi connectivity index (χ4n) is 1.89. The number of nitrogens with zero attached hydrogens (tertiary/aromatic N) is 1. The maximum atomic E-state index is 6.07. The van der Waals surface area contributed by atoms with Gasteiger partial charge in [-0.1, -0.05) is 16.8 Å². The monoisotopic (exact) mass is 296 g/mol. The van der Waals surface area contributed by atoms with Gasteiger partial charge in [0, 0.05) is 29.3 Å². The Morgan fingerprint density at radius 2 is 2.15 bits per heavy atom. The lowest BCUT2D eigenvalue weighted by atomic mass is 10.2. The minimum atomic E-state index is 0.287. The Balaban J connectivity index is 2.23. The normalized spacial score (nSPS) is 10.6. The van der Waals surface area contributed by atoms with Crippen LogP contribution in [0, 0.1) is 6.92 Å². The number of benzene rings is 1. The van der Waals surface area contributed by atoms with Gasteiger partial charge >= 0.3 is 0 Å². The number of methoxy groups -OCH3 is 1. The molecular formula is C14H17ClN2O3. The average molecular weight is 297 g/mol. The Kier molecular flexibility index (Phi) is 4.87. The first-order valence-corrected chi connectivity index (χ1v) is 6.58.